The molecule has 0 radical (unpaired) electrons. The van der Waals surface area contributed by atoms with E-state index >= 15 is 0 Å². The van der Waals surface area contributed by atoms with Gasteiger partial charge in [-0.05, 0) is 58.5 Å². The number of ether oxygens (including phenoxy) is 4. The molecule has 0 bridgehead atoms. The first-order valence-corrected chi connectivity index (χ1v) is 20.4. The third kappa shape index (κ3) is 7.04. The first-order valence-electron chi connectivity index (χ1n) is 17.2. The van der Waals surface area contributed by atoms with E-state index in [-0.39, 0.29) is 11.8 Å². The van der Waals surface area contributed by atoms with E-state index in [1.54, 1.807) is 0 Å². The number of aromatic nitrogens is 2. The van der Waals surface area contributed by atoms with Gasteiger partial charge in [0.25, 0.3) is 0 Å². The van der Waals surface area contributed by atoms with Gasteiger partial charge in [-0.25, -0.2) is 0 Å². The maximum atomic E-state index is 8.81. The van der Waals surface area contributed by atoms with Gasteiger partial charge in [0.05, 0.1) is 46.2 Å². The smallest absolute Gasteiger partial charge is 0.222 e. The van der Waals surface area contributed by atoms with Crippen molar-refractivity contribution in [3.05, 3.63) is 166 Å². The Morgan fingerprint density at radius 2 is 0.942 bits per heavy atom. The molecule has 2 aromatic heterocycles. The Hall–Kier alpha value is -3.65. The van der Waals surface area contributed by atoms with Crippen molar-refractivity contribution in [1.29, 1.82) is 5.41 Å². The van der Waals surface area contributed by atoms with Gasteiger partial charge >= 0.3 is 0 Å². The Labute approximate surface area is 320 Å². The standard InChI is InChI=1S/C41H37N3O4S4/c1-27(29-11-9-17-33(23-29)40(45-19-20-46-40)31-13-5-3-6-14-31)35-25-37(51-43-35)49-39(42)50-38-26-36(44-52-38)28(2)30-12-10-18-34(24-30)41(47-21-22-48-41)32-15-7-4-8-16-32/h3-18,23-28,42H,19-22H2,1-2H3. The van der Waals surface area contributed by atoms with E-state index in [9.17, 15) is 0 Å². The molecule has 0 spiro atoms. The number of benzene rings is 4. The molecule has 0 saturated carbocycles. The molecule has 8 rings (SSSR count). The lowest BCUT2D eigenvalue weighted by Crippen LogP contribution is -2.28. The van der Waals surface area contributed by atoms with Gasteiger partial charge < -0.3 is 18.9 Å². The number of hydrogen-bond donors (Lipinski definition) is 1. The van der Waals surface area contributed by atoms with Gasteiger partial charge in [0.15, 0.2) is 0 Å². The molecule has 0 aliphatic carbocycles. The van der Waals surface area contributed by atoms with E-state index in [0.717, 1.165) is 53.2 Å². The van der Waals surface area contributed by atoms with Gasteiger partial charge in [-0.3, -0.25) is 5.41 Å². The first kappa shape index (κ1) is 35.4. The fraction of sp³-hybridized carbons (Fsp3) is 0.244. The molecule has 1 N–H and O–H groups in total. The Bertz CT molecular complexity index is 1990. The van der Waals surface area contributed by atoms with Crippen LogP contribution in [0.3, 0.4) is 0 Å². The molecule has 2 aliphatic rings. The van der Waals surface area contributed by atoms with Crippen LogP contribution in [0.25, 0.3) is 0 Å². The third-order valence-corrected chi connectivity index (χ3v) is 13.2. The summed E-state index contributed by atoms with van der Waals surface area (Å²) in [5.74, 6) is -1.70. The normalized spacial score (nSPS) is 17.6. The molecule has 4 aromatic carbocycles. The van der Waals surface area contributed by atoms with Crippen LogP contribution in [0.2, 0.25) is 0 Å². The molecular formula is C41H37N3O4S4. The second-order valence-corrected chi connectivity index (χ2v) is 17.2. The maximum absolute atomic E-state index is 8.81. The Morgan fingerprint density at radius 3 is 1.35 bits per heavy atom. The van der Waals surface area contributed by atoms with Crippen molar-refractivity contribution >= 4 is 51.0 Å². The summed E-state index contributed by atoms with van der Waals surface area (Å²) in [6, 6.07) is 41.3. The summed E-state index contributed by atoms with van der Waals surface area (Å²) in [6.07, 6.45) is 0. The lowest BCUT2D eigenvalue weighted by molar-refractivity contribution is -0.130. The Balaban J connectivity index is 0.924. The van der Waals surface area contributed by atoms with Crippen molar-refractivity contribution in [1.82, 2.24) is 8.75 Å². The van der Waals surface area contributed by atoms with E-state index in [4.69, 9.17) is 33.1 Å². The second-order valence-electron chi connectivity index (χ2n) is 12.7. The molecule has 2 aliphatic heterocycles. The molecule has 52 heavy (non-hydrogen) atoms. The van der Waals surface area contributed by atoms with E-state index < -0.39 is 11.6 Å². The predicted molar refractivity (Wildman–Crippen MR) is 210 cm³/mol. The summed E-state index contributed by atoms with van der Waals surface area (Å²) < 4.78 is 37.1. The van der Waals surface area contributed by atoms with Crippen molar-refractivity contribution in [2.45, 2.75) is 45.7 Å². The maximum Gasteiger partial charge on any atom is 0.222 e. The molecule has 2 unspecified atom stereocenters. The molecule has 2 fully saturated rings. The van der Waals surface area contributed by atoms with E-state index in [1.807, 2.05) is 60.7 Å². The summed E-state index contributed by atoms with van der Waals surface area (Å²) in [5.41, 5.74) is 8.13. The van der Waals surface area contributed by atoms with Crippen molar-refractivity contribution in [3.63, 3.8) is 0 Å². The summed E-state index contributed by atoms with van der Waals surface area (Å²) >= 11 is 5.73. The number of hydrogen-bond acceptors (Lipinski definition) is 11. The SMILES string of the molecule is CC(c1cccc(C2(c3ccccc3)OCCO2)c1)c1cc(SC(=N)Sc2cc(C(C)c3cccc(C4(c5ccccc5)OCCO4)c3)ns2)sn1. The predicted octanol–water partition coefficient (Wildman–Crippen LogP) is 10.2. The zero-order valence-corrected chi connectivity index (χ0v) is 32.0. The number of nitrogens with zero attached hydrogens (tertiary/aromatic N) is 2. The molecule has 2 saturated heterocycles. The van der Waals surface area contributed by atoms with Gasteiger partial charge in [-0.1, -0.05) is 134 Å². The van der Waals surface area contributed by atoms with Gasteiger partial charge in [-0.15, -0.1) is 0 Å². The molecule has 6 aromatic rings. The number of thioether (sulfide) groups is 2. The Kier molecular flexibility index (Phi) is 10.5. The van der Waals surface area contributed by atoms with E-state index in [1.165, 1.54) is 46.6 Å². The van der Waals surface area contributed by atoms with Gasteiger partial charge in [-0.2, -0.15) is 8.75 Å². The zero-order valence-electron chi connectivity index (χ0n) is 28.7. The monoisotopic (exact) mass is 763 g/mol. The van der Waals surface area contributed by atoms with Crippen LogP contribution >= 0.6 is 46.6 Å². The quantitative estimate of drug-likeness (QED) is 0.0839. The fourth-order valence-electron chi connectivity index (χ4n) is 6.76. The van der Waals surface area contributed by atoms with Crippen molar-refractivity contribution in [2.24, 2.45) is 0 Å². The minimum absolute atomic E-state index is 0.0556. The highest BCUT2D eigenvalue weighted by Gasteiger charge is 2.42. The van der Waals surface area contributed by atoms with Crippen LogP contribution < -0.4 is 0 Å². The minimum atomic E-state index is -0.907. The summed E-state index contributed by atoms with van der Waals surface area (Å²) in [5, 5.41) is 8.81. The van der Waals surface area contributed by atoms with E-state index in [2.05, 4.69) is 74.5 Å². The minimum Gasteiger partial charge on any atom is -0.340 e. The Morgan fingerprint density at radius 1 is 0.558 bits per heavy atom. The van der Waals surface area contributed by atoms with Crippen molar-refractivity contribution in [2.75, 3.05) is 26.4 Å². The zero-order chi connectivity index (χ0) is 35.5. The van der Waals surface area contributed by atoms with Gasteiger partial charge in [0.2, 0.25) is 11.6 Å². The third-order valence-electron chi connectivity index (χ3n) is 9.52. The fourth-order valence-corrected chi connectivity index (χ4v) is 10.7. The molecule has 2 atom stereocenters. The first-order chi connectivity index (χ1) is 25.4. The van der Waals surface area contributed by atoms with Gasteiger partial charge in [0, 0.05) is 34.1 Å². The molecular weight excluding hydrogens is 727 g/mol. The number of rotatable bonds is 10. The van der Waals surface area contributed by atoms with E-state index in [0.29, 0.717) is 30.8 Å². The highest BCUT2D eigenvalue weighted by molar-refractivity contribution is 8.39. The highest BCUT2D eigenvalue weighted by Crippen LogP contribution is 2.42. The van der Waals surface area contributed by atoms with Gasteiger partial charge in [0.1, 0.15) is 4.38 Å². The van der Waals surface area contributed by atoms with Crippen LogP contribution in [0.15, 0.2) is 130 Å². The molecule has 7 nitrogen and oxygen atoms in total. The van der Waals surface area contributed by atoms with Crippen LogP contribution in [-0.4, -0.2) is 39.6 Å². The van der Waals surface area contributed by atoms with Crippen LogP contribution in [-0.2, 0) is 30.5 Å². The molecule has 4 heterocycles. The van der Waals surface area contributed by atoms with Crippen LogP contribution in [0.4, 0.5) is 0 Å². The van der Waals surface area contributed by atoms with Crippen LogP contribution in [0.1, 0.15) is 70.5 Å². The lowest BCUT2D eigenvalue weighted by atomic mass is 9.91. The topological polar surface area (TPSA) is 86.6 Å². The van der Waals surface area contributed by atoms with Crippen LogP contribution in [0, 0.1) is 5.41 Å². The molecule has 0 amide bonds. The lowest BCUT2D eigenvalue weighted by Gasteiger charge is -2.29. The highest BCUT2D eigenvalue weighted by atomic mass is 32.2. The largest absolute Gasteiger partial charge is 0.340 e. The number of nitrogens with one attached hydrogen (secondary N) is 1. The second kappa shape index (κ2) is 15.4. The average molecular weight is 764 g/mol. The summed E-state index contributed by atoms with van der Waals surface area (Å²) in [6.45, 7) is 6.51. The van der Waals surface area contributed by atoms with Crippen molar-refractivity contribution in [3.8, 4) is 0 Å². The van der Waals surface area contributed by atoms with Crippen molar-refractivity contribution < 1.29 is 18.9 Å². The average Bonchev–Trinajstić information content (AvgIpc) is 4.04. The van der Waals surface area contributed by atoms with Crippen LogP contribution in [0.5, 0.6) is 0 Å². The summed E-state index contributed by atoms with van der Waals surface area (Å²) in [7, 11) is 0. The summed E-state index contributed by atoms with van der Waals surface area (Å²) in [4.78, 5) is 0. The molecule has 264 valence electrons. The molecule has 11 heteroatoms.